The van der Waals surface area contributed by atoms with Gasteiger partial charge in [-0.25, -0.2) is 4.79 Å². The molecule has 1 fully saturated rings. The first kappa shape index (κ1) is 16.1. The fourth-order valence-electron chi connectivity index (χ4n) is 3.02. The van der Waals surface area contributed by atoms with E-state index in [-0.39, 0.29) is 11.8 Å². The molecule has 3 atom stereocenters. The van der Waals surface area contributed by atoms with Crippen molar-refractivity contribution in [1.82, 2.24) is 4.90 Å². The number of carbonyl (C=O) groups excluding carboxylic acids is 1. The zero-order valence-corrected chi connectivity index (χ0v) is 13.5. The first-order valence-electron chi connectivity index (χ1n) is 7.80. The number of nitrogens with zero attached hydrogens (tertiary/aromatic N) is 1. The third-order valence-electron chi connectivity index (χ3n) is 4.11. The van der Waals surface area contributed by atoms with Crippen LogP contribution in [0.1, 0.15) is 25.6 Å². The number of ether oxygens (including phenoxy) is 1. The van der Waals surface area contributed by atoms with E-state index in [1.165, 1.54) is 11.2 Å². The number of benzene rings is 1. The van der Waals surface area contributed by atoms with Crippen molar-refractivity contribution in [2.75, 3.05) is 0 Å². The van der Waals surface area contributed by atoms with E-state index >= 15 is 0 Å². The summed E-state index contributed by atoms with van der Waals surface area (Å²) < 4.78 is 11.2. The van der Waals surface area contributed by atoms with Gasteiger partial charge >= 0.3 is 5.97 Å². The van der Waals surface area contributed by atoms with Crippen molar-refractivity contribution in [2.24, 2.45) is 5.92 Å². The van der Waals surface area contributed by atoms with E-state index in [4.69, 9.17) is 9.15 Å². The van der Waals surface area contributed by atoms with Crippen LogP contribution in [-0.2, 0) is 9.59 Å². The van der Waals surface area contributed by atoms with E-state index < -0.39 is 24.2 Å². The summed E-state index contributed by atoms with van der Waals surface area (Å²) in [5.41, 5.74) is 0. The molecular weight excluding hydrogens is 310 g/mol. The third kappa shape index (κ3) is 2.75. The van der Waals surface area contributed by atoms with Crippen molar-refractivity contribution in [3.05, 3.63) is 54.5 Å². The van der Waals surface area contributed by atoms with Crippen LogP contribution >= 0.6 is 0 Å². The quantitative estimate of drug-likeness (QED) is 0.824. The minimum absolute atomic E-state index is 0.235. The van der Waals surface area contributed by atoms with E-state index in [1.807, 2.05) is 18.2 Å². The predicted molar refractivity (Wildman–Crippen MR) is 85.4 cm³/mol. The van der Waals surface area contributed by atoms with E-state index in [0.717, 1.165) is 0 Å². The molecule has 1 saturated heterocycles. The Morgan fingerprint density at radius 1 is 1.21 bits per heavy atom. The number of hydrogen-bond acceptors (Lipinski definition) is 4. The monoisotopic (exact) mass is 329 g/mol. The van der Waals surface area contributed by atoms with E-state index in [1.54, 1.807) is 38.1 Å². The van der Waals surface area contributed by atoms with Crippen LogP contribution in [-0.4, -0.2) is 34.0 Å². The van der Waals surface area contributed by atoms with Crippen LogP contribution in [0.5, 0.6) is 5.75 Å². The lowest BCUT2D eigenvalue weighted by Crippen LogP contribution is -2.67. The molecule has 0 radical (unpaired) electrons. The minimum Gasteiger partial charge on any atom is -0.480 e. The molecule has 1 aliphatic heterocycles. The van der Waals surface area contributed by atoms with Gasteiger partial charge < -0.3 is 19.2 Å². The summed E-state index contributed by atoms with van der Waals surface area (Å²) in [5.74, 6) is -0.540. The zero-order chi connectivity index (χ0) is 17.3. The highest BCUT2D eigenvalue weighted by Gasteiger charge is 2.56. The Labute approximate surface area is 139 Å². The molecule has 6 heteroatoms. The Morgan fingerprint density at radius 2 is 1.92 bits per heavy atom. The van der Waals surface area contributed by atoms with Gasteiger partial charge in [-0.2, -0.15) is 0 Å². The van der Waals surface area contributed by atoms with Crippen molar-refractivity contribution < 1.29 is 23.8 Å². The average molecular weight is 329 g/mol. The molecule has 3 rings (SSSR count). The van der Waals surface area contributed by atoms with Gasteiger partial charge in [0.05, 0.1) is 6.26 Å². The summed E-state index contributed by atoms with van der Waals surface area (Å²) in [6.45, 7) is 3.55. The van der Waals surface area contributed by atoms with Gasteiger partial charge in [-0.15, -0.1) is 0 Å². The molecule has 1 amide bonds. The molecule has 2 aromatic rings. The van der Waals surface area contributed by atoms with Gasteiger partial charge in [-0.1, -0.05) is 32.0 Å². The minimum atomic E-state index is -1.03. The third-order valence-corrected chi connectivity index (χ3v) is 4.11. The van der Waals surface area contributed by atoms with Crippen LogP contribution in [0.4, 0.5) is 0 Å². The number of carbonyl (C=O) groups is 2. The maximum Gasteiger partial charge on any atom is 0.326 e. The number of β-lactam (4-membered cyclic amide) rings is 1. The molecule has 24 heavy (non-hydrogen) atoms. The summed E-state index contributed by atoms with van der Waals surface area (Å²) in [6.07, 6.45) is 0.709. The van der Waals surface area contributed by atoms with Gasteiger partial charge in [-0.3, -0.25) is 4.79 Å². The van der Waals surface area contributed by atoms with Crippen molar-refractivity contribution in [1.29, 1.82) is 0 Å². The first-order valence-corrected chi connectivity index (χ1v) is 7.80. The van der Waals surface area contributed by atoms with Crippen LogP contribution in [0, 0.1) is 5.92 Å². The average Bonchev–Trinajstić information content (AvgIpc) is 3.07. The fourth-order valence-corrected chi connectivity index (χ4v) is 3.02. The summed E-state index contributed by atoms with van der Waals surface area (Å²) in [6, 6.07) is 10.9. The van der Waals surface area contributed by atoms with Gasteiger partial charge in [0.25, 0.3) is 5.91 Å². The second kappa shape index (κ2) is 6.39. The Hall–Kier alpha value is -2.76. The number of aliphatic carboxylic acids is 1. The number of para-hydroxylation sites is 1. The van der Waals surface area contributed by atoms with Gasteiger partial charge in [-0.05, 0) is 30.2 Å². The molecule has 0 unspecified atom stereocenters. The van der Waals surface area contributed by atoms with Crippen molar-refractivity contribution in [3.8, 4) is 5.75 Å². The highest BCUT2D eigenvalue weighted by molar-refractivity contribution is 5.93. The number of furan rings is 1. The Balaban J connectivity index is 1.91. The van der Waals surface area contributed by atoms with E-state index in [0.29, 0.717) is 11.5 Å². The normalized spacial score (nSPS) is 21.5. The van der Waals surface area contributed by atoms with E-state index in [2.05, 4.69) is 0 Å². The number of likely N-dealkylation sites (tertiary alicyclic amines) is 1. The predicted octanol–water partition coefficient (Wildman–Crippen LogP) is 2.72. The molecule has 1 aromatic carbocycles. The molecule has 0 saturated carbocycles. The Morgan fingerprint density at radius 3 is 2.46 bits per heavy atom. The van der Waals surface area contributed by atoms with Crippen molar-refractivity contribution in [2.45, 2.75) is 32.0 Å². The lowest BCUT2D eigenvalue weighted by atomic mass is 9.88. The van der Waals surface area contributed by atoms with Crippen LogP contribution in [0.3, 0.4) is 0 Å². The lowest BCUT2D eigenvalue weighted by Gasteiger charge is -2.48. The summed E-state index contributed by atoms with van der Waals surface area (Å²) >= 11 is 0. The van der Waals surface area contributed by atoms with Crippen LogP contribution < -0.4 is 4.74 Å². The summed E-state index contributed by atoms with van der Waals surface area (Å²) in [5, 5.41) is 9.52. The molecule has 1 aliphatic rings. The second-order valence-electron chi connectivity index (χ2n) is 6.08. The molecule has 0 spiro atoms. The largest absolute Gasteiger partial charge is 0.480 e. The van der Waals surface area contributed by atoms with Crippen LogP contribution in [0.15, 0.2) is 53.1 Å². The number of hydrogen-bond donors (Lipinski definition) is 1. The Kier molecular flexibility index (Phi) is 4.29. The SMILES string of the molecule is CC(C)[C@@H](C(=O)O)N1C(=O)[C@H](Oc2ccccc2)[C@@H]1c1ccco1. The van der Waals surface area contributed by atoms with Crippen molar-refractivity contribution >= 4 is 11.9 Å². The van der Waals surface area contributed by atoms with Gasteiger partial charge in [0.2, 0.25) is 6.10 Å². The van der Waals surface area contributed by atoms with Crippen LogP contribution in [0.2, 0.25) is 0 Å². The van der Waals surface area contributed by atoms with Gasteiger partial charge in [0, 0.05) is 0 Å². The van der Waals surface area contributed by atoms with E-state index in [9.17, 15) is 14.7 Å². The lowest BCUT2D eigenvalue weighted by molar-refractivity contribution is -0.180. The molecule has 1 aromatic heterocycles. The van der Waals surface area contributed by atoms with Gasteiger partial charge in [0.1, 0.15) is 23.6 Å². The topological polar surface area (TPSA) is 80.0 Å². The molecule has 0 bridgehead atoms. The smallest absolute Gasteiger partial charge is 0.326 e. The fraction of sp³-hybridized carbons (Fsp3) is 0.333. The van der Waals surface area contributed by atoms with Gasteiger partial charge in [0.15, 0.2) is 0 Å². The molecule has 126 valence electrons. The highest BCUT2D eigenvalue weighted by atomic mass is 16.5. The molecule has 6 nitrogen and oxygen atoms in total. The molecular formula is C18H19NO5. The molecule has 2 heterocycles. The number of amides is 1. The van der Waals surface area contributed by atoms with Crippen molar-refractivity contribution in [3.63, 3.8) is 0 Å². The number of carboxylic acid groups (broad SMARTS) is 1. The summed E-state index contributed by atoms with van der Waals surface area (Å²) in [4.78, 5) is 25.6. The molecule has 1 N–H and O–H groups in total. The number of carboxylic acids is 1. The summed E-state index contributed by atoms with van der Waals surface area (Å²) in [7, 11) is 0. The first-order chi connectivity index (χ1) is 11.5. The Bertz CT molecular complexity index is 710. The highest BCUT2D eigenvalue weighted by Crippen LogP contribution is 2.40. The standard InChI is InChI=1S/C18H19NO5/c1-11(2)14(18(21)22)19-15(13-9-6-10-23-13)16(17(19)20)24-12-7-4-3-5-8-12/h3-11,14-16H,1-2H3,(H,21,22)/t14-,15-,16+/m0/s1. The maximum absolute atomic E-state index is 12.6. The maximum atomic E-state index is 12.6. The zero-order valence-electron chi connectivity index (χ0n) is 13.5. The second-order valence-corrected chi connectivity index (χ2v) is 6.08. The van der Waals surface area contributed by atoms with Crippen LogP contribution in [0.25, 0.3) is 0 Å². The molecule has 0 aliphatic carbocycles. The number of rotatable bonds is 6.